The molecule has 1 N–H and O–H groups in total. The van der Waals surface area contributed by atoms with Crippen LogP contribution in [0.3, 0.4) is 0 Å². The fourth-order valence-electron chi connectivity index (χ4n) is 3.75. The van der Waals surface area contributed by atoms with Crippen LogP contribution < -0.4 is 4.72 Å². The lowest BCUT2D eigenvalue weighted by Crippen LogP contribution is -2.30. The second-order valence-electron chi connectivity index (χ2n) is 7.32. The van der Waals surface area contributed by atoms with E-state index >= 15 is 0 Å². The lowest BCUT2D eigenvalue weighted by atomic mass is 10.0. The number of benzene rings is 3. The Balaban J connectivity index is 1.59. The smallest absolute Gasteiger partial charge is 0.261 e. The molecule has 1 atom stereocenters. The summed E-state index contributed by atoms with van der Waals surface area (Å²) in [4.78, 5) is 14.9. The number of likely N-dealkylation sites (tertiary alicyclic amines) is 1. The molecule has 1 amide bonds. The topological polar surface area (TPSA) is 66.5 Å². The van der Waals surface area contributed by atoms with Crippen LogP contribution in [0.5, 0.6) is 0 Å². The van der Waals surface area contributed by atoms with Crippen LogP contribution in [0.15, 0.2) is 77.7 Å². The summed E-state index contributed by atoms with van der Waals surface area (Å²) < 4.78 is 41.4. The van der Waals surface area contributed by atoms with Gasteiger partial charge in [0.05, 0.1) is 21.6 Å². The Morgan fingerprint density at radius 3 is 2.52 bits per heavy atom. The minimum Gasteiger partial charge on any atom is -0.332 e. The Bertz CT molecular complexity index is 1220. The molecule has 1 unspecified atom stereocenters. The molecule has 0 aliphatic carbocycles. The van der Waals surface area contributed by atoms with Gasteiger partial charge < -0.3 is 4.90 Å². The number of carbonyl (C=O) groups excluding carboxylic acids is 1. The Hall–Kier alpha value is -2.90. The molecule has 160 valence electrons. The summed E-state index contributed by atoms with van der Waals surface area (Å²) in [6.07, 6.45) is 1.59. The molecule has 1 aliphatic rings. The number of halogens is 2. The molecule has 0 aromatic heterocycles. The van der Waals surface area contributed by atoms with E-state index in [1.54, 1.807) is 47.4 Å². The van der Waals surface area contributed by atoms with Gasteiger partial charge in [0, 0.05) is 12.1 Å². The molecule has 1 fully saturated rings. The lowest BCUT2D eigenvalue weighted by Gasteiger charge is -2.25. The maximum absolute atomic E-state index is 13.3. The number of nitrogens with one attached hydrogen (secondary N) is 1. The molecule has 4 rings (SSSR count). The molecular weight excluding hydrogens is 439 g/mol. The van der Waals surface area contributed by atoms with Crippen molar-refractivity contribution in [3.63, 3.8) is 0 Å². The molecule has 3 aromatic carbocycles. The van der Waals surface area contributed by atoms with Crippen LogP contribution in [-0.4, -0.2) is 25.8 Å². The van der Waals surface area contributed by atoms with Crippen molar-refractivity contribution in [1.82, 2.24) is 4.90 Å². The lowest BCUT2D eigenvalue weighted by molar-refractivity contribution is 0.0735. The first-order valence-electron chi connectivity index (χ1n) is 9.79. The number of carbonyl (C=O) groups is 1. The van der Waals surface area contributed by atoms with Crippen LogP contribution in [0.2, 0.25) is 5.02 Å². The van der Waals surface area contributed by atoms with Crippen molar-refractivity contribution < 1.29 is 17.6 Å². The van der Waals surface area contributed by atoms with E-state index in [1.807, 2.05) is 0 Å². The number of anilines is 1. The van der Waals surface area contributed by atoms with E-state index in [-0.39, 0.29) is 38.9 Å². The molecule has 1 heterocycles. The minimum atomic E-state index is -3.93. The summed E-state index contributed by atoms with van der Waals surface area (Å²) in [5.74, 6) is -0.592. The minimum absolute atomic E-state index is 0.0317. The highest BCUT2D eigenvalue weighted by atomic mass is 35.5. The average Bonchev–Trinajstić information content (AvgIpc) is 3.25. The highest BCUT2D eigenvalue weighted by Gasteiger charge is 2.31. The van der Waals surface area contributed by atoms with Crippen molar-refractivity contribution >= 4 is 33.2 Å². The zero-order valence-electron chi connectivity index (χ0n) is 16.5. The van der Waals surface area contributed by atoms with Gasteiger partial charge in [-0.1, -0.05) is 41.9 Å². The van der Waals surface area contributed by atoms with Gasteiger partial charge in [-0.15, -0.1) is 0 Å². The number of para-hydroxylation sites is 1. The molecule has 1 saturated heterocycles. The van der Waals surface area contributed by atoms with E-state index in [0.29, 0.717) is 6.54 Å². The predicted octanol–water partition coefficient (Wildman–Crippen LogP) is 5.26. The van der Waals surface area contributed by atoms with Gasteiger partial charge in [-0.05, 0) is 60.9 Å². The number of hydrogen-bond acceptors (Lipinski definition) is 3. The molecule has 0 radical (unpaired) electrons. The fraction of sp³-hybridized carbons (Fsp3) is 0.174. The third kappa shape index (κ3) is 4.57. The summed E-state index contributed by atoms with van der Waals surface area (Å²) in [6, 6.07) is 18.4. The summed E-state index contributed by atoms with van der Waals surface area (Å²) in [5, 5.41) is 0.275. The molecule has 3 aromatic rings. The van der Waals surface area contributed by atoms with Crippen LogP contribution in [0, 0.1) is 5.82 Å². The van der Waals surface area contributed by atoms with Gasteiger partial charge in [-0.2, -0.15) is 0 Å². The quantitative estimate of drug-likeness (QED) is 0.567. The van der Waals surface area contributed by atoms with Gasteiger partial charge >= 0.3 is 0 Å². The zero-order chi connectivity index (χ0) is 22.0. The Labute approximate surface area is 185 Å². The molecule has 8 heteroatoms. The van der Waals surface area contributed by atoms with E-state index in [2.05, 4.69) is 4.72 Å². The van der Waals surface area contributed by atoms with Crippen LogP contribution in [0.4, 0.5) is 10.1 Å². The zero-order valence-corrected chi connectivity index (χ0v) is 18.0. The number of hydrogen-bond donors (Lipinski definition) is 1. The maximum Gasteiger partial charge on any atom is 0.261 e. The molecule has 0 spiro atoms. The van der Waals surface area contributed by atoms with Gasteiger partial charge in [0.2, 0.25) is 0 Å². The summed E-state index contributed by atoms with van der Waals surface area (Å²) >= 11 is 6.06. The van der Waals surface area contributed by atoms with Crippen molar-refractivity contribution in [3.8, 4) is 0 Å². The van der Waals surface area contributed by atoms with Crippen LogP contribution in [0.1, 0.15) is 34.8 Å². The van der Waals surface area contributed by atoms with E-state index < -0.39 is 10.0 Å². The average molecular weight is 459 g/mol. The third-order valence-corrected chi connectivity index (χ3v) is 6.97. The largest absolute Gasteiger partial charge is 0.332 e. The first-order chi connectivity index (χ1) is 14.8. The maximum atomic E-state index is 13.3. The summed E-state index contributed by atoms with van der Waals surface area (Å²) in [6.45, 7) is 0.551. The van der Waals surface area contributed by atoms with Crippen molar-refractivity contribution in [1.29, 1.82) is 0 Å². The van der Waals surface area contributed by atoms with E-state index in [0.717, 1.165) is 18.4 Å². The molecule has 0 bridgehead atoms. The van der Waals surface area contributed by atoms with E-state index in [9.17, 15) is 17.6 Å². The van der Waals surface area contributed by atoms with Crippen molar-refractivity contribution in [2.75, 3.05) is 11.3 Å². The number of nitrogens with zero attached hydrogens (tertiary/aromatic N) is 1. The monoisotopic (exact) mass is 458 g/mol. The van der Waals surface area contributed by atoms with Crippen LogP contribution in [0.25, 0.3) is 0 Å². The van der Waals surface area contributed by atoms with Gasteiger partial charge in [0.15, 0.2) is 0 Å². The SMILES string of the molecule is O=C(c1cccc(S(=O)(=O)Nc2ccccc2Cl)c1)N1CCCC1c1ccc(F)cc1. The fourth-order valence-corrected chi connectivity index (χ4v) is 5.12. The first kappa shape index (κ1) is 21.3. The molecule has 5 nitrogen and oxygen atoms in total. The number of sulfonamides is 1. The molecular formula is C23H20ClFN2O3S. The van der Waals surface area contributed by atoms with Crippen molar-refractivity contribution in [2.24, 2.45) is 0 Å². The Kier molecular flexibility index (Phi) is 5.98. The number of rotatable bonds is 5. The second-order valence-corrected chi connectivity index (χ2v) is 9.41. The van der Waals surface area contributed by atoms with Gasteiger partial charge in [0.1, 0.15) is 5.82 Å². The summed E-state index contributed by atoms with van der Waals surface area (Å²) in [5.41, 5.74) is 1.39. The highest BCUT2D eigenvalue weighted by molar-refractivity contribution is 7.92. The molecule has 31 heavy (non-hydrogen) atoms. The van der Waals surface area contributed by atoms with Gasteiger partial charge in [-0.3, -0.25) is 9.52 Å². The van der Waals surface area contributed by atoms with Crippen molar-refractivity contribution in [2.45, 2.75) is 23.8 Å². The van der Waals surface area contributed by atoms with E-state index in [1.165, 1.54) is 30.3 Å². The number of amides is 1. The van der Waals surface area contributed by atoms with E-state index in [4.69, 9.17) is 11.6 Å². The van der Waals surface area contributed by atoms with Crippen LogP contribution >= 0.6 is 11.6 Å². The highest BCUT2D eigenvalue weighted by Crippen LogP contribution is 2.33. The predicted molar refractivity (Wildman–Crippen MR) is 118 cm³/mol. The third-order valence-electron chi connectivity index (χ3n) is 5.28. The Morgan fingerprint density at radius 1 is 1.03 bits per heavy atom. The van der Waals surface area contributed by atoms with Gasteiger partial charge in [-0.25, -0.2) is 12.8 Å². The normalized spacial score (nSPS) is 16.3. The molecule has 1 aliphatic heterocycles. The first-order valence-corrected chi connectivity index (χ1v) is 11.6. The van der Waals surface area contributed by atoms with Gasteiger partial charge in [0.25, 0.3) is 15.9 Å². The standard InChI is InChI=1S/C23H20ClFN2O3S/c24-20-7-1-2-8-21(20)26-31(29,30)19-6-3-5-17(15-19)23(28)27-14-4-9-22(27)16-10-12-18(25)13-11-16/h1-3,5-8,10-13,15,22,26H,4,9,14H2. The van der Waals surface area contributed by atoms with Crippen LogP contribution in [-0.2, 0) is 10.0 Å². The summed E-state index contributed by atoms with van der Waals surface area (Å²) in [7, 11) is -3.93. The Morgan fingerprint density at radius 2 is 1.77 bits per heavy atom. The molecule has 0 saturated carbocycles. The second kappa shape index (κ2) is 8.69. The van der Waals surface area contributed by atoms with Crippen molar-refractivity contribution in [3.05, 3.63) is 94.8 Å².